The maximum absolute atomic E-state index is 12.6. The van der Waals surface area contributed by atoms with Crippen molar-refractivity contribution in [2.45, 2.75) is 174 Å². The van der Waals surface area contributed by atoms with Crippen LogP contribution in [-0.4, -0.2) is 56.3 Å². The van der Waals surface area contributed by atoms with E-state index >= 15 is 0 Å². The quantitative estimate of drug-likeness (QED) is 0.0270. The predicted octanol–water partition coefficient (Wildman–Crippen LogP) is 12.5. The van der Waals surface area contributed by atoms with E-state index in [2.05, 4.69) is 92.1 Å². The van der Waals surface area contributed by atoms with Crippen molar-refractivity contribution in [1.82, 2.24) is 5.32 Å². The number of phosphoric ester groups is 1. The summed E-state index contributed by atoms with van der Waals surface area (Å²) in [5.41, 5.74) is 0. The molecule has 0 heterocycles. The van der Waals surface area contributed by atoms with Crippen LogP contribution < -0.4 is 5.32 Å². The van der Waals surface area contributed by atoms with Gasteiger partial charge in [-0.25, -0.2) is 4.57 Å². The van der Waals surface area contributed by atoms with Gasteiger partial charge in [-0.1, -0.05) is 145 Å². The smallest absolute Gasteiger partial charge is 0.462 e. The monoisotopic (exact) mass is 806 g/mol. The van der Waals surface area contributed by atoms with Crippen LogP contribution >= 0.6 is 7.82 Å². The fraction of sp³-hybridized carbons (Fsp3) is 0.696. The number of esters is 2. The van der Waals surface area contributed by atoms with Gasteiger partial charge in [0.1, 0.15) is 6.61 Å². The SMILES string of the molecule is CC/C=C\C/C=C\C/C=C\C/C=C\CCCCCCC(=O)OCC(COP(=O)(O)OCCNC)OC(=O)CCCCCCCCC/C=C\C/C=C\CCCCC. The third-order valence-corrected chi connectivity index (χ3v) is 9.79. The highest BCUT2D eigenvalue weighted by atomic mass is 31.2. The molecular weight excluding hydrogens is 725 g/mol. The van der Waals surface area contributed by atoms with Crippen LogP contribution in [0.3, 0.4) is 0 Å². The average Bonchev–Trinajstić information content (AvgIpc) is 3.18. The number of likely N-dealkylation sites (N-methyl/N-ethyl adjacent to an activating group) is 1. The lowest BCUT2D eigenvalue weighted by atomic mass is 10.1. The van der Waals surface area contributed by atoms with Crippen molar-refractivity contribution in [2.24, 2.45) is 0 Å². The predicted molar refractivity (Wildman–Crippen MR) is 233 cm³/mol. The van der Waals surface area contributed by atoms with Gasteiger partial charge in [-0.2, -0.15) is 0 Å². The van der Waals surface area contributed by atoms with Crippen molar-refractivity contribution in [3.8, 4) is 0 Å². The Balaban J connectivity index is 4.29. The molecular formula is C46H80NO8P. The number of nitrogens with one attached hydrogen (secondary N) is 1. The molecule has 0 spiro atoms. The van der Waals surface area contributed by atoms with Crippen LogP contribution in [0.2, 0.25) is 0 Å². The Morgan fingerprint density at radius 3 is 1.52 bits per heavy atom. The summed E-state index contributed by atoms with van der Waals surface area (Å²) < 4.78 is 33.2. The molecule has 0 amide bonds. The van der Waals surface area contributed by atoms with Crippen molar-refractivity contribution < 1.29 is 37.6 Å². The van der Waals surface area contributed by atoms with Crippen LogP contribution in [-0.2, 0) is 32.7 Å². The van der Waals surface area contributed by atoms with Gasteiger partial charge in [0.15, 0.2) is 6.10 Å². The largest absolute Gasteiger partial charge is 0.472 e. The molecule has 0 rings (SSSR count). The zero-order valence-electron chi connectivity index (χ0n) is 35.6. The number of hydrogen-bond acceptors (Lipinski definition) is 8. The molecule has 0 aliphatic carbocycles. The molecule has 9 nitrogen and oxygen atoms in total. The summed E-state index contributed by atoms with van der Waals surface area (Å²) in [4.78, 5) is 35.1. The minimum Gasteiger partial charge on any atom is -0.462 e. The van der Waals surface area contributed by atoms with Crippen molar-refractivity contribution in [3.05, 3.63) is 72.9 Å². The lowest BCUT2D eigenvalue weighted by Gasteiger charge is -2.20. The Bertz CT molecular complexity index is 1150. The molecule has 0 aliphatic rings. The number of unbranched alkanes of at least 4 members (excludes halogenated alkanes) is 14. The summed E-state index contributed by atoms with van der Waals surface area (Å²) in [5.74, 6) is -0.849. The Kier molecular flexibility index (Phi) is 40.2. The topological polar surface area (TPSA) is 120 Å². The van der Waals surface area contributed by atoms with E-state index in [0.29, 0.717) is 19.4 Å². The molecule has 0 bridgehead atoms. The van der Waals surface area contributed by atoms with Crippen LogP contribution in [0, 0.1) is 0 Å². The second-order valence-electron chi connectivity index (χ2n) is 14.1. The van der Waals surface area contributed by atoms with Crippen molar-refractivity contribution in [1.29, 1.82) is 0 Å². The third kappa shape index (κ3) is 41.1. The summed E-state index contributed by atoms with van der Waals surface area (Å²) in [5, 5.41) is 2.82. The van der Waals surface area contributed by atoms with Crippen LogP contribution in [0.15, 0.2) is 72.9 Å². The standard InChI is InChI=1S/C46H80NO8P/c1-4-6-8-10-12-14-16-18-20-22-24-26-28-30-32-34-36-38-45(48)52-42-44(43-54-56(50,51)53-41-40-47-3)55-46(49)39-37-35-33-31-29-27-25-23-21-19-17-15-13-11-9-7-5-2/h6,8,12-15,18-21,24,26,44,47H,4-5,7,9-11,16-17,22-23,25,27-43H2,1-3H3,(H,50,51)/b8-6-,14-12-,15-13-,20-18-,21-19-,26-24-. The highest BCUT2D eigenvalue weighted by molar-refractivity contribution is 7.47. The zero-order valence-corrected chi connectivity index (χ0v) is 36.5. The first-order valence-corrected chi connectivity index (χ1v) is 23.4. The average molecular weight is 806 g/mol. The lowest BCUT2D eigenvalue weighted by molar-refractivity contribution is -0.161. The van der Waals surface area contributed by atoms with Gasteiger partial charge in [-0.15, -0.1) is 0 Å². The highest BCUT2D eigenvalue weighted by Gasteiger charge is 2.26. The number of ether oxygens (including phenoxy) is 2. The third-order valence-electron chi connectivity index (χ3n) is 8.81. The Morgan fingerprint density at radius 1 is 0.571 bits per heavy atom. The number of carbonyl (C=O) groups excluding carboxylic acids is 2. The van der Waals surface area contributed by atoms with Crippen molar-refractivity contribution >= 4 is 19.8 Å². The minimum atomic E-state index is -4.36. The van der Waals surface area contributed by atoms with Gasteiger partial charge >= 0.3 is 19.8 Å². The molecule has 322 valence electrons. The Hall–Kier alpha value is -2.55. The summed E-state index contributed by atoms with van der Waals surface area (Å²) in [6.07, 6.45) is 49.4. The van der Waals surface area contributed by atoms with E-state index in [1.807, 2.05) is 0 Å². The van der Waals surface area contributed by atoms with Crippen LogP contribution in [0.1, 0.15) is 168 Å². The second kappa shape index (κ2) is 42.1. The molecule has 56 heavy (non-hydrogen) atoms. The van der Waals surface area contributed by atoms with Gasteiger partial charge in [-0.05, 0) is 90.5 Å². The first-order chi connectivity index (χ1) is 27.3. The van der Waals surface area contributed by atoms with Gasteiger partial charge in [0, 0.05) is 19.4 Å². The molecule has 2 unspecified atom stereocenters. The molecule has 2 atom stereocenters. The van der Waals surface area contributed by atoms with E-state index in [1.165, 1.54) is 44.9 Å². The number of phosphoric acid groups is 1. The fourth-order valence-corrected chi connectivity index (χ4v) is 6.26. The van der Waals surface area contributed by atoms with E-state index in [0.717, 1.165) is 83.5 Å². The molecule has 0 aromatic rings. The number of hydrogen-bond donors (Lipinski definition) is 2. The highest BCUT2D eigenvalue weighted by Crippen LogP contribution is 2.43. The van der Waals surface area contributed by atoms with Gasteiger partial charge in [0.2, 0.25) is 0 Å². The molecule has 0 fully saturated rings. The molecule has 2 N–H and O–H groups in total. The summed E-state index contributed by atoms with van der Waals surface area (Å²) >= 11 is 0. The molecule has 0 aromatic heterocycles. The van der Waals surface area contributed by atoms with E-state index in [4.69, 9.17) is 18.5 Å². The van der Waals surface area contributed by atoms with Crippen molar-refractivity contribution in [3.63, 3.8) is 0 Å². The van der Waals surface area contributed by atoms with Gasteiger partial charge in [0.25, 0.3) is 0 Å². The van der Waals surface area contributed by atoms with E-state index in [1.54, 1.807) is 7.05 Å². The number of carbonyl (C=O) groups is 2. The van der Waals surface area contributed by atoms with Gasteiger partial charge in [-0.3, -0.25) is 18.6 Å². The minimum absolute atomic E-state index is 0.0265. The summed E-state index contributed by atoms with van der Waals surface area (Å²) in [7, 11) is -2.67. The lowest BCUT2D eigenvalue weighted by Crippen LogP contribution is -2.29. The fourth-order valence-electron chi connectivity index (χ4n) is 5.51. The van der Waals surface area contributed by atoms with Crippen molar-refractivity contribution in [2.75, 3.05) is 33.4 Å². The first-order valence-electron chi connectivity index (χ1n) is 21.9. The maximum Gasteiger partial charge on any atom is 0.472 e. The molecule has 0 saturated heterocycles. The van der Waals surface area contributed by atoms with E-state index in [9.17, 15) is 19.0 Å². The van der Waals surface area contributed by atoms with E-state index in [-0.39, 0.29) is 26.1 Å². The normalized spacial score (nSPS) is 14.0. The Labute approximate surface area is 342 Å². The van der Waals surface area contributed by atoms with E-state index < -0.39 is 32.5 Å². The van der Waals surface area contributed by atoms with Crippen LogP contribution in [0.5, 0.6) is 0 Å². The molecule has 0 aliphatic heterocycles. The number of rotatable bonds is 40. The second-order valence-corrected chi connectivity index (χ2v) is 15.6. The van der Waals surface area contributed by atoms with Gasteiger partial charge < -0.3 is 19.7 Å². The molecule has 10 heteroatoms. The number of allylic oxidation sites excluding steroid dienone is 12. The summed E-state index contributed by atoms with van der Waals surface area (Å²) in [6.45, 7) is 4.04. The molecule has 0 saturated carbocycles. The zero-order chi connectivity index (χ0) is 41.1. The van der Waals surface area contributed by atoms with Crippen LogP contribution in [0.25, 0.3) is 0 Å². The molecule has 0 aromatic carbocycles. The Morgan fingerprint density at radius 2 is 1.02 bits per heavy atom. The maximum atomic E-state index is 12.6. The van der Waals surface area contributed by atoms with Crippen LogP contribution in [0.4, 0.5) is 0 Å². The summed E-state index contributed by atoms with van der Waals surface area (Å²) in [6, 6.07) is 0. The first kappa shape index (κ1) is 53.5. The van der Waals surface area contributed by atoms with Gasteiger partial charge in [0.05, 0.1) is 13.2 Å². The molecule has 0 radical (unpaired) electrons.